The molecule has 0 bridgehead atoms. The van der Waals surface area contributed by atoms with Crippen LogP contribution in [0.2, 0.25) is 5.02 Å². The maximum atomic E-state index is 12.5. The van der Waals surface area contributed by atoms with Crippen LogP contribution in [0.4, 0.5) is 5.69 Å². The minimum absolute atomic E-state index is 0.0474. The minimum Gasteiger partial charge on any atom is -0.481 e. The van der Waals surface area contributed by atoms with Crippen molar-refractivity contribution < 1.29 is 17.9 Å². The smallest absolute Gasteiger partial charge is 0.265 e. The molecule has 28 heavy (non-hydrogen) atoms. The molecule has 0 spiro atoms. The molecular weight excluding hydrogens is 402 g/mol. The zero-order chi connectivity index (χ0) is 20.1. The molecule has 0 aromatic heterocycles. The first-order chi connectivity index (χ1) is 13.3. The quantitative estimate of drug-likeness (QED) is 0.748. The number of ether oxygens (including phenoxy) is 1. The fourth-order valence-corrected chi connectivity index (χ4v) is 3.85. The van der Waals surface area contributed by atoms with E-state index in [-0.39, 0.29) is 4.90 Å². The summed E-state index contributed by atoms with van der Waals surface area (Å²) < 4.78 is 33.0. The van der Waals surface area contributed by atoms with Gasteiger partial charge in [-0.05, 0) is 55.8 Å². The van der Waals surface area contributed by atoms with Crippen LogP contribution in [0.3, 0.4) is 0 Å². The predicted molar refractivity (Wildman–Crippen MR) is 108 cm³/mol. The largest absolute Gasteiger partial charge is 0.481 e. The van der Waals surface area contributed by atoms with Gasteiger partial charge in [0.15, 0.2) is 6.10 Å². The highest BCUT2D eigenvalue weighted by Gasteiger charge is 2.20. The number of hydrogen-bond donors (Lipinski definition) is 2. The average molecular weight is 422 g/mol. The molecule has 148 valence electrons. The van der Waals surface area contributed by atoms with Crippen LogP contribution in [0.5, 0.6) is 5.75 Å². The first-order valence-corrected chi connectivity index (χ1v) is 10.6. The summed E-state index contributed by atoms with van der Waals surface area (Å²) in [6, 6.07) is 12.7. The van der Waals surface area contributed by atoms with Crippen LogP contribution in [0.25, 0.3) is 0 Å². The third-order valence-electron chi connectivity index (χ3n) is 4.03. The minimum atomic E-state index is -3.75. The highest BCUT2D eigenvalue weighted by molar-refractivity contribution is 7.90. The molecule has 7 nitrogen and oxygen atoms in total. The molecule has 0 saturated carbocycles. The topological polar surface area (TPSA) is 96.9 Å². The summed E-state index contributed by atoms with van der Waals surface area (Å²) in [6.45, 7) is 2.23. The van der Waals surface area contributed by atoms with E-state index in [1.165, 1.54) is 12.1 Å². The molecule has 0 fully saturated rings. The second kappa shape index (κ2) is 8.62. The number of halogens is 1. The summed E-state index contributed by atoms with van der Waals surface area (Å²) >= 11 is 5.83. The van der Waals surface area contributed by atoms with Crippen molar-refractivity contribution in [2.24, 2.45) is 4.99 Å². The number of hydrogen-bond acceptors (Lipinski definition) is 5. The molecule has 0 unspecified atom stereocenters. The Morgan fingerprint density at radius 3 is 2.64 bits per heavy atom. The number of sulfonamides is 1. The molecule has 3 rings (SSSR count). The molecule has 0 aliphatic carbocycles. The number of nitrogens with zero attached hydrogens (tertiary/aromatic N) is 1. The van der Waals surface area contributed by atoms with Crippen molar-refractivity contribution >= 4 is 39.1 Å². The van der Waals surface area contributed by atoms with E-state index in [0.717, 1.165) is 6.42 Å². The van der Waals surface area contributed by atoms with Crippen molar-refractivity contribution in [1.29, 1.82) is 0 Å². The Morgan fingerprint density at radius 1 is 1.21 bits per heavy atom. The third-order valence-corrected chi connectivity index (χ3v) is 5.66. The van der Waals surface area contributed by atoms with Gasteiger partial charge in [0, 0.05) is 23.7 Å². The number of aliphatic imine (C=N–C) groups is 1. The maximum Gasteiger partial charge on any atom is 0.265 e. The molecule has 0 radical (unpaired) electrons. The summed E-state index contributed by atoms with van der Waals surface area (Å²) in [5.74, 6) is 0.557. The Morgan fingerprint density at radius 2 is 1.96 bits per heavy atom. The van der Waals surface area contributed by atoms with Crippen molar-refractivity contribution in [3.8, 4) is 5.75 Å². The number of rotatable bonds is 6. The second-order valence-corrected chi connectivity index (χ2v) is 8.39. The van der Waals surface area contributed by atoms with Gasteiger partial charge in [-0.1, -0.05) is 17.7 Å². The van der Waals surface area contributed by atoms with Gasteiger partial charge in [0.1, 0.15) is 11.6 Å². The van der Waals surface area contributed by atoms with Gasteiger partial charge < -0.3 is 10.1 Å². The highest BCUT2D eigenvalue weighted by Crippen LogP contribution is 2.19. The Labute approximate surface area is 168 Å². The summed E-state index contributed by atoms with van der Waals surface area (Å²) in [5, 5.41) is 3.24. The normalized spacial score (nSPS) is 14.9. The zero-order valence-electron chi connectivity index (χ0n) is 15.2. The number of carbonyl (C=O) groups is 1. The number of benzene rings is 2. The Kier molecular flexibility index (Phi) is 6.21. The number of amidine groups is 1. The lowest BCUT2D eigenvalue weighted by Gasteiger charge is -2.15. The number of carbonyl (C=O) groups excluding carboxylic acids is 1. The van der Waals surface area contributed by atoms with E-state index in [2.05, 4.69) is 15.0 Å². The van der Waals surface area contributed by atoms with E-state index in [9.17, 15) is 13.2 Å². The molecule has 2 aromatic rings. The lowest BCUT2D eigenvalue weighted by Crippen LogP contribution is -2.31. The lowest BCUT2D eigenvalue weighted by atomic mass is 10.3. The fraction of sp³-hybridized carbons (Fsp3) is 0.263. The fourth-order valence-electron chi connectivity index (χ4n) is 2.59. The van der Waals surface area contributed by atoms with Crippen LogP contribution in [0.1, 0.15) is 19.8 Å². The van der Waals surface area contributed by atoms with E-state index < -0.39 is 22.0 Å². The van der Waals surface area contributed by atoms with Gasteiger partial charge in [-0.3, -0.25) is 14.5 Å². The van der Waals surface area contributed by atoms with Crippen molar-refractivity contribution in [3.05, 3.63) is 53.6 Å². The third kappa shape index (κ3) is 5.24. The SMILES string of the molecule is C[C@@H](Oc1ccc(Cl)cc1)C(=O)Nc1cccc(S(=O)(=O)NC2=NCCC2)c1. The monoisotopic (exact) mass is 421 g/mol. The second-order valence-electron chi connectivity index (χ2n) is 6.27. The lowest BCUT2D eigenvalue weighted by molar-refractivity contribution is -0.122. The van der Waals surface area contributed by atoms with Crippen molar-refractivity contribution in [2.45, 2.75) is 30.8 Å². The molecule has 2 aromatic carbocycles. The zero-order valence-corrected chi connectivity index (χ0v) is 16.8. The summed E-state index contributed by atoms with van der Waals surface area (Å²) in [4.78, 5) is 16.5. The predicted octanol–water partition coefficient (Wildman–Crippen LogP) is 3.22. The molecular formula is C19H20ClN3O4S. The van der Waals surface area contributed by atoms with Gasteiger partial charge >= 0.3 is 0 Å². The van der Waals surface area contributed by atoms with Gasteiger partial charge in [-0.25, -0.2) is 8.42 Å². The van der Waals surface area contributed by atoms with Crippen LogP contribution >= 0.6 is 11.6 Å². The van der Waals surface area contributed by atoms with Gasteiger partial charge in [0.2, 0.25) is 0 Å². The van der Waals surface area contributed by atoms with Gasteiger partial charge in [-0.2, -0.15) is 0 Å². The van der Waals surface area contributed by atoms with Crippen LogP contribution in [-0.4, -0.2) is 32.8 Å². The van der Waals surface area contributed by atoms with E-state index in [0.29, 0.717) is 35.3 Å². The van der Waals surface area contributed by atoms with Gasteiger partial charge in [0.05, 0.1) is 4.90 Å². The maximum absolute atomic E-state index is 12.5. The summed E-state index contributed by atoms with van der Waals surface area (Å²) in [6.07, 6.45) is 0.654. The molecule has 1 amide bonds. The Bertz CT molecular complexity index is 990. The average Bonchev–Trinajstić information content (AvgIpc) is 3.16. The highest BCUT2D eigenvalue weighted by atomic mass is 35.5. The Hall–Kier alpha value is -2.58. The first-order valence-electron chi connectivity index (χ1n) is 8.73. The summed E-state index contributed by atoms with van der Waals surface area (Å²) in [7, 11) is -3.75. The van der Waals surface area contributed by atoms with E-state index in [1.807, 2.05) is 0 Å². The van der Waals surface area contributed by atoms with Crippen molar-refractivity contribution in [2.75, 3.05) is 11.9 Å². The summed E-state index contributed by atoms with van der Waals surface area (Å²) in [5.41, 5.74) is 0.354. The van der Waals surface area contributed by atoms with Crippen LogP contribution in [0.15, 0.2) is 58.4 Å². The molecule has 1 heterocycles. The van der Waals surface area contributed by atoms with Gasteiger partial charge in [0.25, 0.3) is 15.9 Å². The molecule has 1 atom stereocenters. The number of amides is 1. The van der Waals surface area contributed by atoms with Crippen LogP contribution in [-0.2, 0) is 14.8 Å². The first kappa shape index (κ1) is 20.2. The van der Waals surface area contributed by atoms with E-state index in [1.54, 1.807) is 43.3 Å². The number of anilines is 1. The van der Waals surface area contributed by atoms with Gasteiger partial charge in [-0.15, -0.1) is 0 Å². The number of nitrogens with one attached hydrogen (secondary N) is 2. The van der Waals surface area contributed by atoms with E-state index in [4.69, 9.17) is 16.3 Å². The molecule has 1 aliphatic heterocycles. The van der Waals surface area contributed by atoms with Crippen LogP contribution < -0.4 is 14.8 Å². The molecule has 1 aliphatic rings. The Balaban J connectivity index is 1.66. The molecule has 9 heteroatoms. The van der Waals surface area contributed by atoms with E-state index >= 15 is 0 Å². The molecule has 2 N–H and O–H groups in total. The molecule has 0 saturated heterocycles. The van der Waals surface area contributed by atoms with Crippen molar-refractivity contribution in [1.82, 2.24) is 4.72 Å². The standard InChI is InChI=1S/C19H20ClN3O4S/c1-13(27-16-9-7-14(20)8-10-16)19(24)22-15-4-2-5-17(12-15)28(25,26)23-18-6-3-11-21-18/h2,4-5,7-10,12-13H,3,6,11H2,1H3,(H,21,23)(H,22,24)/t13-/m1/s1. The van der Waals surface area contributed by atoms with Crippen molar-refractivity contribution in [3.63, 3.8) is 0 Å². The van der Waals surface area contributed by atoms with Crippen LogP contribution in [0, 0.1) is 0 Å².